The van der Waals surface area contributed by atoms with Crippen LogP contribution < -0.4 is 0 Å². The van der Waals surface area contributed by atoms with E-state index in [0.717, 1.165) is 17.1 Å². The highest BCUT2D eigenvalue weighted by molar-refractivity contribution is 5.77. The van der Waals surface area contributed by atoms with E-state index in [9.17, 15) is 18.0 Å². The summed E-state index contributed by atoms with van der Waals surface area (Å²) in [6.07, 6.45) is -3.34. The van der Waals surface area contributed by atoms with Crippen LogP contribution in [-0.2, 0) is 39.3 Å². The summed E-state index contributed by atoms with van der Waals surface area (Å²) in [5, 5.41) is 15.4. The zero-order chi connectivity index (χ0) is 23.7. The number of carbonyl (C=O) groups is 2. The lowest BCUT2D eigenvalue weighted by Gasteiger charge is -2.32. The van der Waals surface area contributed by atoms with Gasteiger partial charge in [-0.15, -0.1) is 5.10 Å². The zero-order valence-electron chi connectivity index (χ0n) is 17.6. The number of halogens is 3. The number of carboxylic acids is 1. The summed E-state index contributed by atoms with van der Waals surface area (Å²) >= 11 is 0. The number of aliphatic carboxylic acids is 1. The van der Waals surface area contributed by atoms with E-state index in [-0.39, 0.29) is 18.4 Å². The normalized spacial score (nSPS) is 15.5. The van der Waals surface area contributed by atoms with Crippen LogP contribution in [0.5, 0.6) is 0 Å². The van der Waals surface area contributed by atoms with E-state index < -0.39 is 12.1 Å². The Balaban J connectivity index is 0.000000451. The monoisotopic (exact) mass is 459 g/mol. The molecular weight excluding hydrogens is 435 g/mol. The molecular formula is C19H24F3N5O5. The standard InChI is InChI=1S/C17H23N5O3.C2HF3O2/c1-3-24-12-16(23)22-8-13(17-15(9-22)19-20-21(17)2)10-25-11-14-6-4-5-7-18-14;3-2(4,5)1(6)7/h4-7,13H,3,8-12H2,1-2H3;(H,6,7). The zero-order valence-corrected chi connectivity index (χ0v) is 17.6. The van der Waals surface area contributed by atoms with Crippen molar-refractivity contribution < 1.29 is 37.3 Å². The molecule has 1 aliphatic heterocycles. The Labute approximate surface area is 181 Å². The molecule has 32 heavy (non-hydrogen) atoms. The van der Waals surface area contributed by atoms with E-state index in [1.165, 1.54) is 0 Å². The van der Waals surface area contributed by atoms with Crippen molar-refractivity contribution >= 4 is 11.9 Å². The van der Waals surface area contributed by atoms with Crippen LogP contribution in [0.3, 0.4) is 0 Å². The van der Waals surface area contributed by atoms with Crippen LogP contribution >= 0.6 is 0 Å². The summed E-state index contributed by atoms with van der Waals surface area (Å²) in [5.41, 5.74) is 2.73. The van der Waals surface area contributed by atoms with Gasteiger partial charge in [-0.2, -0.15) is 13.2 Å². The van der Waals surface area contributed by atoms with Crippen LogP contribution in [0.15, 0.2) is 24.4 Å². The molecule has 0 aliphatic carbocycles. The molecule has 1 amide bonds. The van der Waals surface area contributed by atoms with Gasteiger partial charge in [0.05, 0.1) is 31.1 Å². The van der Waals surface area contributed by atoms with Gasteiger partial charge in [-0.1, -0.05) is 11.3 Å². The third-order valence-electron chi connectivity index (χ3n) is 4.43. The molecule has 176 valence electrons. The molecule has 1 atom stereocenters. The molecule has 0 bridgehead atoms. The summed E-state index contributed by atoms with van der Waals surface area (Å²) in [6.45, 7) is 4.43. The summed E-state index contributed by atoms with van der Waals surface area (Å²) in [5.74, 6) is -2.77. The number of ether oxygens (including phenoxy) is 2. The number of hydrogen-bond donors (Lipinski definition) is 1. The van der Waals surface area contributed by atoms with Gasteiger partial charge in [0.25, 0.3) is 0 Å². The summed E-state index contributed by atoms with van der Waals surface area (Å²) < 4.78 is 44.6. The third-order valence-corrected chi connectivity index (χ3v) is 4.43. The van der Waals surface area contributed by atoms with E-state index in [1.807, 2.05) is 32.2 Å². The summed E-state index contributed by atoms with van der Waals surface area (Å²) in [4.78, 5) is 27.2. The lowest BCUT2D eigenvalue weighted by atomic mass is 9.99. The van der Waals surface area contributed by atoms with Gasteiger partial charge in [0.2, 0.25) is 5.91 Å². The van der Waals surface area contributed by atoms with Gasteiger partial charge in [0, 0.05) is 32.3 Å². The van der Waals surface area contributed by atoms with Gasteiger partial charge in [0.1, 0.15) is 12.3 Å². The van der Waals surface area contributed by atoms with Gasteiger partial charge in [-0.25, -0.2) is 4.79 Å². The maximum absolute atomic E-state index is 12.3. The van der Waals surface area contributed by atoms with Crippen LogP contribution in [0.4, 0.5) is 13.2 Å². The fraction of sp³-hybridized carbons (Fsp3) is 0.526. The number of fused-ring (bicyclic) bond motifs is 1. The Bertz CT molecular complexity index is 891. The molecule has 0 radical (unpaired) electrons. The minimum absolute atomic E-state index is 0.0260. The Hall–Kier alpha value is -3.06. The number of hydrogen-bond acceptors (Lipinski definition) is 7. The second-order valence-corrected chi connectivity index (χ2v) is 6.79. The minimum Gasteiger partial charge on any atom is -0.475 e. The van der Waals surface area contributed by atoms with E-state index in [0.29, 0.717) is 32.9 Å². The fourth-order valence-electron chi connectivity index (χ4n) is 3.01. The van der Waals surface area contributed by atoms with Crippen molar-refractivity contribution in [2.75, 3.05) is 26.4 Å². The molecule has 0 fully saturated rings. The summed E-state index contributed by atoms with van der Waals surface area (Å²) in [7, 11) is 1.87. The quantitative estimate of drug-likeness (QED) is 0.662. The smallest absolute Gasteiger partial charge is 0.475 e. The number of aromatic nitrogens is 4. The molecule has 2 aromatic rings. The molecule has 1 aliphatic rings. The first-order valence-corrected chi connectivity index (χ1v) is 9.65. The lowest BCUT2D eigenvalue weighted by molar-refractivity contribution is -0.192. The van der Waals surface area contributed by atoms with Crippen LogP contribution in [0.25, 0.3) is 0 Å². The maximum Gasteiger partial charge on any atom is 0.490 e. The first-order valence-electron chi connectivity index (χ1n) is 9.65. The maximum atomic E-state index is 12.3. The van der Waals surface area contributed by atoms with Crippen molar-refractivity contribution in [1.29, 1.82) is 0 Å². The molecule has 3 rings (SSSR count). The highest BCUT2D eigenvalue weighted by atomic mass is 19.4. The van der Waals surface area contributed by atoms with Crippen molar-refractivity contribution in [3.63, 3.8) is 0 Å². The largest absolute Gasteiger partial charge is 0.490 e. The average molecular weight is 459 g/mol. The van der Waals surface area contributed by atoms with E-state index >= 15 is 0 Å². The number of alkyl halides is 3. The van der Waals surface area contributed by atoms with Crippen LogP contribution in [0, 0.1) is 0 Å². The number of amides is 1. The lowest BCUT2D eigenvalue weighted by Crippen LogP contribution is -2.41. The van der Waals surface area contributed by atoms with Crippen molar-refractivity contribution in [1.82, 2.24) is 24.9 Å². The van der Waals surface area contributed by atoms with Gasteiger partial charge < -0.3 is 19.5 Å². The Morgan fingerprint density at radius 2 is 2.00 bits per heavy atom. The molecule has 2 aromatic heterocycles. The second kappa shape index (κ2) is 11.5. The van der Waals surface area contributed by atoms with Crippen LogP contribution in [0.2, 0.25) is 0 Å². The molecule has 10 nitrogen and oxygen atoms in total. The SMILES string of the molecule is CCOCC(=O)N1Cc2nnn(C)c2C(COCc2ccccn2)C1.O=C(O)C(F)(F)F. The van der Waals surface area contributed by atoms with Gasteiger partial charge >= 0.3 is 12.1 Å². The van der Waals surface area contributed by atoms with Gasteiger partial charge in [0.15, 0.2) is 0 Å². The third kappa shape index (κ3) is 7.27. The van der Waals surface area contributed by atoms with Crippen molar-refractivity contribution in [2.24, 2.45) is 7.05 Å². The highest BCUT2D eigenvalue weighted by Crippen LogP contribution is 2.27. The number of rotatable bonds is 7. The fourth-order valence-corrected chi connectivity index (χ4v) is 3.01. The molecule has 1 unspecified atom stereocenters. The highest BCUT2D eigenvalue weighted by Gasteiger charge is 2.38. The van der Waals surface area contributed by atoms with Crippen molar-refractivity contribution in [3.8, 4) is 0 Å². The molecule has 0 saturated carbocycles. The predicted molar refractivity (Wildman–Crippen MR) is 103 cm³/mol. The van der Waals surface area contributed by atoms with Gasteiger partial charge in [-0.05, 0) is 19.1 Å². The number of nitrogens with zero attached hydrogens (tertiary/aromatic N) is 5. The van der Waals surface area contributed by atoms with E-state index in [1.54, 1.807) is 15.8 Å². The first kappa shape index (κ1) is 25.2. The second-order valence-electron chi connectivity index (χ2n) is 6.79. The Morgan fingerprint density at radius 1 is 1.28 bits per heavy atom. The predicted octanol–water partition coefficient (Wildman–Crippen LogP) is 1.52. The van der Waals surface area contributed by atoms with E-state index in [2.05, 4.69) is 15.3 Å². The minimum atomic E-state index is -5.08. The number of carbonyl (C=O) groups excluding carboxylic acids is 1. The first-order chi connectivity index (χ1) is 15.1. The van der Waals surface area contributed by atoms with Crippen molar-refractivity contribution in [3.05, 3.63) is 41.5 Å². The Morgan fingerprint density at radius 3 is 2.59 bits per heavy atom. The van der Waals surface area contributed by atoms with Gasteiger partial charge in [-0.3, -0.25) is 14.5 Å². The molecule has 0 spiro atoms. The number of aryl methyl sites for hydroxylation is 1. The molecule has 0 saturated heterocycles. The molecule has 3 heterocycles. The van der Waals surface area contributed by atoms with Crippen LogP contribution in [0.1, 0.15) is 29.9 Å². The average Bonchev–Trinajstić information content (AvgIpc) is 3.13. The van der Waals surface area contributed by atoms with Crippen molar-refractivity contribution in [2.45, 2.75) is 32.2 Å². The summed E-state index contributed by atoms with van der Waals surface area (Å²) in [6, 6.07) is 5.74. The van der Waals surface area contributed by atoms with Crippen LogP contribution in [-0.4, -0.2) is 74.4 Å². The Kier molecular flexibility index (Phi) is 9.08. The molecule has 0 aromatic carbocycles. The number of pyridine rings is 1. The molecule has 1 N–H and O–H groups in total. The topological polar surface area (TPSA) is 120 Å². The van der Waals surface area contributed by atoms with E-state index in [4.69, 9.17) is 19.4 Å². The number of carboxylic acid groups (broad SMARTS) is 1. The molecule has 13 heteroatoms.